The van der Waals surface area contributed by atoms with Crippen LogP contribution in [0.2, 0.25) is 0 Å². The van der Waals surface area contributed by atoms with Crippen molar-refractivity contribution in [3.8, 4) is 11.1 Å². The average Bonchev–Trinajstić information content (AvgIpc) is 2.72. The zero-order chi connectivity index (χ0) is 19.5. The van der Waals surface area contributed by atoms with E-state index in [1.54, 1.807) is 12.3 Å². The summed E-state index contributed by atoms with van der Waals surface area (Å²) in [7, 11) is 0. The first kappa shape index (κ1) is 17.7. The second-order valence-electron chi connectivity index (χ2n) is 6.80. The van der Waals surface area contributed by atoms with Gasteiger partial charge in [0, 0.05) is 23.6 Å². The highest BCUT2D eigenvalue weighted by molar-refractivity contribution is 5.93. The van der Waals surface area contributed by atoms with E-state index in [0.717, 1.165) is 38.7 Å². The smallest absolute Gasteiger partial charge is 0.340 e. The summed E-state index contributed by atoms with van der Waals surface area (Å²) in [6, 6.07) is 21.5. The molecular formula is C24H20N2O2. The molecule has 4 aromatic rings. The highest BCUT2D eigenvalue weighted by Gasteiger charge is 2.10. The third kappa shape index (κ3) is 3.71. The topological polar surface area (TPSA) is 65.2 Å². The van der Waals surface area contributed by atoms with Gasteiger partial charge in [-0.05, 0) is 58.7 Å². The molecule has 0 aliphatic heterocycles. The number of anilines is 1. The van der Waals surface area contributed by atoms with Crippen LogP contribution in [0.25, 0.3) is 21.9 Å². The number of carbonyl (C=O) groups excluding carboxylic acids is 1. The molecule has 0 fully saturated rings. The van der Waals surface area contributed by atoms with E-state index in [0.29, 0.717) is 5.56 Å². The summed E-state index contributed by atoms with van der Waals surface area (Å²) in [5.74, 6) is -0.390. The van der Waals surface area contributed by atoms with Crippen LogP contribution in [0.3, 0.4) is 0 Å². The zero-order valence-corrected chi connectivity index (χ0v) is 15.6. The van der Waals surface area contributed by atoms with Crippen molar-refractivity contribution in [2.45, 2.75) is 13.5 Å². The van der Waals surface area contributed by atoms with Crippen molar-refractivity contribution in [1.82, 2.24) is 4.98 Å². The van der Waals surface area contributed by atoms with Gasteiger partial charge in [0.05, 0.1) is 5.56 Å². The first-order valence-corrected chi connectivity index (χ1v) is 9.06. The van der Waals surface area contributed by atoms with Crippen LogP contribution in [0.5, 0.6) is 0 Å². The van der Waals surface area contributed by atoms with Crippen molar-refractivity contribution in [2.75, 3.05) is 5.73 Å². The molecule has 0 amide bonds. The van der Waals surface area contributed by atoms with Crippen LogP contribution < -0.4 is 5.73 Å². The minimum atomic E-state index is -0.390. The number of nitrogens with zero attached hydrogens (tertiary/aromatic N) is 1. The lowest BCUT2D eigenvalue weighted by Crippen LogP contribution is -2.06. The maximum atomic E-state index is 12.4. The second kappa shape index (κ2) is 7.53. The molecule has 3 aromatic carbocycles. The van der Waals surface area contributed by atoms with Gasteiger partial charge in [-0.15, -0.1) is 0 Å². The van der Waals surface area contributed by atoms with Crippen molar-refractivity contribution in [3.05, 3.63) is 95.8 Å². The van der Waals surface area contributed by atoms with Gasteiger partial charge in [-0.3, -0.25) is 4.98 Å². The van der Waals surface area contributed by atoms with Gasteiger partial charge in [-0.1, -0.05) is 42.5 Å². The predicted octanol–water partition coefficient (Wildman–Crippen LogP) is 5.15. The third-order valence-electron chi connectivity index (χ3n) is 4.70. The number of ether oxygens (including phenoxy) is 1. The standard InChI is InChI=1S/C24H20N2O2/c1-16-9-22(25)12-19-10-18(7-8-23(16)19)20-11-21(14-26-13-20)24(27)28-15-17-5-3-2-4-6-17/h2-14H,15,25H2,1H3. The number of fused-ring (bicyclic) bond motifs is 1. The number of hydrogen-bond donors (Lipinski definition) is 1. The van der Waals surface area contributed by atoms with Crippen LogP contribution in [0, 0.1) is 6.92 Å². The Kier molecular flexibility index (Phi) is 4.77. The first-order valence-electron chi connectivity index (χ1n) is 9.06. The molecule has 0 spiro atoms. The quantitative estimate of drug-likeness (QED) is 0.400. The molecule has 28 heavy (non-hydrogen) atoms. The Bertz CT molecular complexity index is 1150. The van der Waals surface area contributed by atoms with E-state index in [9.17, 15) is 4.79 Å². The van der Waals surface area contributed by atoms with Gasteiger partial charge in [0.25, 0.3) is 0 Å². The molecule has 2 N–H and O–H groups in total. The highest BCUT2D eigenvalue weighted by Crippen LogP contribution is 2.28. The van der Waals surface area contributed by atoms with Gasteiger partial charge < -0.3 is 10.5 Å². The Morgan fingerprint density at radius 1 is 0.964 bits per heavy atom. The fraction of sp³-hybridized carbons (Fsp3) is 0.0833. The fourth-order valence-electron chi connectivity index (χ4n) is 3.29. The van der Waals surface area contributed by atoms with Gasteiger partial charge in [-0.2, -0.15) is 0 Å². The molecule has 0 bridgehead atoms. The number of esters is 1. The summed E-state index contributed by atoms with van der Waals surface area (Å²) in [5, 5.41) is 2.22. The van der Waals surface area contributed by atoms with Gasteiger partial charge in [0.15, 0.2) is 0 Å². The maximum Gasteiger partial charge on any atom is 0.340 e. The number of aryl methyl sites for hydroxylation is 1. The number of carbonyl (C=O) groups is 1. The van der Waals surface area contributed by atoms with E-state index in [2.05, 4.69) is 17.1 Å². The lowest BCUT2D eigenvalue weighted by Gasteiger charge is -2.09. The number of pyridine rings is 1. The second-order valence-corrected chi connectivity index (χ2v) is 6.80. The van der Waals surface area contributed by atoms with Crippen LogP contribution >= 0.6 is 0 Å². The summed E-state index contributed by atoms with van der Waals surface area (Å²) in [4.78, 5) is 16.7. The van der Waals surface area contributed by atoms with E-state index in [4.69, 9.17) is 10.5 Å². The molecule has 0 aliphatic rings. The van der Waals surface area contributed by atoms with Crippen molar-refractivity contribution in [1.29, 1.82) is 0 Å². The first-order chi connectivity index (χ1) is 13.6. The molecule has 0 aliphatic carbocycles. The molecule has 4 rings (SSSR count). The Morgan fingerprint density at radius 2 is 1.79 bits per heavy atom. The predicted molar refractivity (Wildman–Crippen MR) is 112 cm³/mol. The molecule has 4 nitrogen and oxygen atoms in total. The number of benzene rings is 3. The van der Waals surface area contributed by atoms with Gasteiger partial charge in [0.2, 0.25) is 0 Å². The highest BCUT2D eigenvalue weighted by atomic mass is 16.5. The van der Waals surface area contributed by atoms with E-state index in [-0.39, 0.29) is 12.6 Å². The molecule has 0 unspecified atom stereocenters. The Balaban J connectivity index is 1.59. The molecule has 1 heterocycles. The van der Waals surface area contributed by atoms with E-state index in [1.807, 2.05) is 55.5 Å². The molecule has 0 saturated heterocycles. The Morgan fingerprint density at radius 3 is 2.61 bits per heavy atom. The Labute approximate surface area is 163 Å². The van der Waals surface area contributed by atoms with Crippen LogP contribution in [-0.4, -0.2) is 11.0 Å². The molecular weight excluding hydrogens is 348 g/mol. The molecule has 0 radical (unpaired) electrons. The van der Waals surface area contributed by atoms with E-state index < -0.39 is 0 Å². The van der Waals surface area contributed by atoms with Crippen molar-refractivity contribution in [3.63, 3.8) is 0 Å². The summed E-state index contributed by atoms with van der Waals surface area (Å²) in [6.45, 7) is 2.28. The minimum absolute atomic E-state index is 0.235. The van der Waals surface area contributed by atoms with E-state index >= 15 is 0 Å². The number of nitrogen functional groups attached to an aromatic ring is 1. The van der Waals surface area contributed by atoms with Crippen molar-refractivity contribution < 1.29 is 9.53 Å². The van der Waals surface area contributed by atoms with Crippen LogP contribution in [-0.2, 0) is 11.3 Å². The molecule has 0 saturated carbocycles. The van der Waals surface area contributed by atoms with Gasteiger partial charge in [-0.25, -0.2) is 4.79 Å². The monoisotopic (exact) mass is 368 g/mol. The van der Waals surface area contributed by atoms with Crippen LogP contribution in [0.1, 0.15) is 21.5 Å². The van der Waals surface area contributed by atoms with E-state index in [1.165, 1.54) is 6.20 Å². The lowest BCUT2D eigenvalue weighted by atomic mass is 9.98. The lowest BCUT2D eigenvalue weighted by molar-refractivity contribution is 0.0472. The maximum absolute atomic E-state index is 12.4. The van der Waals surface area contributed by atoms with Crippen LogP contribution in [0.15, 0.2) is 79.1 Å². The number of hydrogen-bond acceptors (Lipinski definition) is 4. The molecule has 1 aromatic heterocycles. The third-order valence-corrected chi connectivity index (χ3v) is 4.70. The summed E-state index contributed by atoms with van der Waals surface area (Å²) in [6.07, 6.45) is 3.27. The van der Waals surface area contributed by atoms with Gasteiger partial charge in [0.1, 0.15) is 6.61 Å². The summed E-state index contributed by atoms with van der Waals surface area (Å²) < 4.78 is 5.41. The number of aromatic nitrogens is 1. The van der Waals surface area contributed by atoms with Gasteiger partial charge >= 0.3 is 5.97 Å². The zero-order valence-electron chi connectivity index (χ0n) is 15.6. The number of rotatable bonds is 4. The van der Waals surface area contributed by atoms with Crippen molar-refractivity contribution >= 4 is 22.4 Å². The minimum Gasteiger partial charge on any atom is -0.457 e. The normalized spacial score (nSPS) is 10.8. The molecule has 0 atom stereocenters. The summed E-state index contributed by atoms with van der Waals surface area (Å²) >= 11 is 0. The molecule has 138 valence electrons. The SMILES string of the molecule is Cc1cc(N)cc2cc(-c3cncc(C(=O)OCc4ccccc4)c3)ccc12. The number of nitrogens with two attached hydrogens (primary N) is 1. The van der Waals surface area contributed by atoms with Crippen LogP contribution in [0.4, 0.5) is 5.69 Å². The molecule has 4 heteroatoms. The largest absolute Gasteiger partial charge is 0.457 e. The summed E-state index contributed by atoms with van der Waals surface area (Å²) in [5.41, 5.74) is 11.1. The van der Waals surface area contributed by atoms with Crippen molar-refractivity contribution in [2.24, 2.45) is 0 Å². The average molecular weight is 368 g/mol. The fourth-order valence-corrected chi connectivity index (χ4v) is 3.29. The Hall–Kier alpha value is -3.66.